The van der Waals surface area contributed by atoms with Crippen molar-refractivity contribution in [3.05, 3.63) is 103 Å². The van der Waals surface area contributed by atoms with Crippen molar-refractivity contribution in [2.45, 2.75) is 31.8 Å². The minimum absolute atomic E-state index is 0.131. The molecule has 0 radical (unpaired) electrons. The maximum absolute atomic E-state index is 13.1. The molecule has 0 spiro atoms. The SMILES string of the molecule is O=S(=O)(O)C1=C(NCCNc2nc(Cl)nc(Nc3ccc(S(=O)(=O)O)cc3S(=O)(=O)O)n2)C=CC2=Nc3c(Cl)c4c(c(Cl)c3OC21)N=C1C=CC(NCCNc2nc(Cl)nc(Nc3ccc(S(=O)(=O)O)cc3S(=O)(=O)O)n2)=C(S(=O)(=O)O)C1O4. The van der Waals surface area contributed by atoms with Gasteiger partial charge in [-0.3, -0.25) is 27.3 Å². The van der Waals surface area contributed by atoms with E-state index in [9.17, 15) is 77.8 Å². The Labute approximate surface area is 492 Å². The molecule has 3 aromatic carbocycles. The number of allylic oxidation sites excluding steroid dienone is 2. The largest absolute Gasteiger partial charge is 0.474 e. The third-order valence-corrected chi connectivity index (χ3v) is 17.9. The molecule has 44 heteroatoms. The molecule has 2 atom stereocenters. The lowest BCUT2D eigenvalue weighted by Gasteiger charge is -2.33. The quantitative estimate of drug-likeness (QED) is 0.0391. The molecule has 4 aliphatic rings. The smallest absolute Gasteiger partial charge is 0.296 e. The summed E-state index contributed by atoms with van der Waals surface area (Å²) >= 11 is 25.8. The minimum Gasteiger partial charge on any atom is -0.474 e. The Morgan fingerprint density at radius 2 is 0.774 bits per heavy atom. The van der Waals surface area contributed by atoms with E-state index >= 15 is 0 Å². The molecule has 9 rings (SSSR count). The predicted molar refractivity (Wildman–Crippen MR) is 296 cm³/mol. The maximum atomic E-state index is 13.1. The highest BCUT2D eigenvalue weighted by Crippen LogP contribution is 2.58. The number of aliphatic imine (C=N–C) groups is 2. The standard InChI is InChI=1S/C40H32Cl4N14O20S6/c41-25-28-32(78-30-20(50-28)6-8-22(34(30)84(74,75)76)46-10-12-48-38-54-36(44)56-40(58-38)52-18-4-2-16(80(62,63)64)14-24(18)82(68,69)70)26(42)27-31(25)77-29-19(49-27)5-7-21(33(29)83(71,72)73)45-9-11-47-37-53-35(43)55-39(57-37)51-17-3-1-15(79(59,60)61)13-23(17)81(65,66)67/h1-8,13-14,29-30,45-46H,9-12H2,(H,59,60,61)(H,62,63,64)(H,65,66,67)(H,68,69,70)(H,71,72,73)(H,74,75,76)(H2,47,51,53,55,57)(H2,48,52,54,56,58). The molecule has 4 heterocycles. The highest BCUT2D eigenvalue weighted by Gasteiger charge is 2.44. The van der Waals surface area contributed by atoms with E-state index in [1.54, 1.807) is 0 Å². The number of benzene rings is 3. The summed E-state index contributed by atoms with van der Waals surface area (Å²) in [6, 6.07) is 4.35. The molecule has 5 aromatic rings. The van der Waals surface area contributed by atoms with E-state index in [1.807, 2.05) is 0 Å². The van der Waals surface area contributed by atoms with Gasteiger partial charge in [0.1, 0.15) is 41.0 Å². The van der Waals surface area contributed by atoms with Crippen LogP contribution in [0.4, 0.5) is 46.5 Å². The number of hydrogen-bond donors (Lipinski definition) is 12. The molecule has 34 nitrogen and oxygen atoms in total. The molecule has 0 amide bonds. The first kappa shape index (κ1) is 61.6. The van der Waals surface area contributed by atoms with Gasteiger partial charge in [0.15, 0.2) is 23.7 Å². The van der Waals surface area contributed by atoms with Crippen molar-refractivity contribution in [1.29, 1.82) is 0 Å². The number of ether oxygens (including phenoxy) is 2. The Morgan fingerprint density at radius 1 is 0.429 bits per heavy atom. The zero-order valence-corrected chi connectivity index (χ0v) is 48.6. The number of nitrogens with one attached hydrogen (secondary N) is 6. The average molecular weight is 1360 g/mol. The second-order valence-electron chi connectivity index (χ2n) is 16.9. The van der Waals surface area contributed by atoms with E-state index in [2.05, 4.69) is 71.8 Å². The fourth-order valence-electron chi connectivity index (χ4n) is 7.93. The first-order valence-corrected chi connectivity index (χ1v) is 32.6. The van der Waals surface area contributed by atoms with Gasteiger partial charge < -0.3 is 41.4 Å². The average Bonchev–Trinajstić information content (AvgIpc) is 0.898. The van der Waals surface area contributed by atoms with Crippen molar-refractivity contribution in [2.75, 3.05) is 47.4 Å². The second-order valence-corrected chi connectivity index (χ2v) is 26.7. The van der Waals surface area contributed by atoms with Crippen molar-refractivity contribution in [1.82, 2.24) is 40.5 Å². The van der Waals surface area contributed by atoms with Crippen LogP contribution in [0.3, 0.4) is 0 Å². The molecule has 0 bridgehead atoms. The van der Waals surface area contributed by atoms with E-state index in [0.717, 1.165) is 24.3 Å². The topological polar surface area (TPSA) is 519 Å². The number of aromatic nitrogens is 6. The van der Waals surface area contributed by atoms with Crippen LogP contribution in [0.25, 0.3) is 0 Å². The Kier molecular flexibility index (Phi) is 16.7. The first-order valence-electron chi connectivity index (χ1n) is 22.4. The van der Waals surface area contributed by atoms with Crippen LogP contribution in [-0.2, 0) is 60.7 Å². The van der Waals surface area contributed by atoms with E-state index in [0.29, 0.717) is 12.1 Å². The predicted octanol–water partition coefficient (Wildman–Crippen LogP) is 3.55. The van der Waals surface area contributed by atoms with E-state index < -0.39 is 136 Å². The zero-order chi connectivity index (χ0) is 61.2. The lowest BCUT2D eigenvalue weighted by Crippen LogP contribution is -2.40. The van der Waals surface area contributed by atoms with Crippen LogP contribution in [0.5, 0.6) is 11.5 Å². The molecule has 446 valence electrons. The van der Waals surface area contributed by atoms with Crippen LogP contribution in [0.15, 0.2) is 111 Å². The molecular weight excluding hydrogens is 1330 g/mol. The first-order chi connectivity index (χ1) is 39.0. The lowest BCUT2D eigenvalue weighted by atomic mass is 10.0. The Morgan fingerprint density at radius 3 is 1.11 bits per heavy atom. The summed E-state index contributed by atoms with van der Waals surface area (Å²) in [4.78, 5) is 27.2. The van der Waals surface area contributed by atoms with Crippen molar-refractivity contribution in [3.8, 4) is 11.5 Å². The molecule has 0 saturated heterocycles. The summed E-state index contributed by atoms with van der Waals surface area (Å²) in [7, 11) is -30.3. The summed E-state index contributed by atoms with van der Waals surface area (Å²) in [5.74, 6) is -2.03. The third kappa shape index (κ3) is 13.4. The lowest BCUT2D eigenvalue weighted by molar-refractivity contribution is 0.290. The van der Waals surface area contributed by atoms with Gasteiger partial charge in [0, 0.05) is 26.2 Å². The van der Waals surface area contributed by atoms with Crippen molar-refractivity contribution in [2.24, 2.45) is 9.98 Å². The van der Waals surface area contributed by atoms with Crippen LogP contribution in [0.1, 0.15) is 0 Å². The van der Waals surface area contributed by atoms with E-state index in [1.165, 1.54) is 24.3 Å². The molecule has 0 fully saturated rings. The molecule has 2 aliphatic heterocycles. The van der Waals surface area contributed by atoms with Crippen LogP contribution in [-0.4, -0.2) is 158 Å². The van der Waals surface area contributed by atoms with Crippen molar-refractivity contribution < 1.29 is 87.3 Å². The van der Waals surface area contributed by atoms with Gasteiger partial charge in [-0.1, -0.05) is 23.2 Å². The van der Waals surface area contributed by atoms with Gasteiger partial charge in [-0.15, -0.1) is 0 Å². The normalized spacial score (nSPS) is 16.9. The molecule has 2 aromatic heterocycles. The van der Waals surface area contributed by atoms with Gasteiger partial charge in [0.05, 0.1) is 44.0 Å². The number of nitrogens with zero attached hydrogens (tertiary/aromatic N) is 8. The zero-order valence-electron chi connectivity index (χ0n) is 40.7. The van der Waals surface area contributed by atoms with Crippen LogP contribution in [0, 0.1) is 0 Å². The highest BCUT2D eigenvalue weighted by atomic mass is 35.5. The summed E-state index contributed by atoms with van der Waals surface area (Å²) in [5.41, 5.74) is -2.09. The van der Waals surface area contributed by atoms with Gasteiger partial charge in [0.25, 0.3) is 60.7 Å². The van der Waals surface area contributed by atoms with Crippen LogP contribution in [0.2, 0.25) is 20.6 Å². The molecule has 84 heavy (non-hydrogen) atoms. The van der Waals surface area contributed by atoms with Crippen LogP contribution >= 0.6 is 46.4 Å². The number of fused-ring (bicyclic) bond motifs is 4. The Bertz CT molecular complexity index is 4310. The molecule has 2 aliphatic carbocycles. The van der Waals surface area contributed by atoms with Crippen LogP contribution < -0.4 is 41.4 Å². The highest BCUT2D eigenvalue weighted by molar-refractivity contribution is 7.90. The van der Waals surface area contributed by atoms with Crippen molar-refractivity contribution >= 4 is 165 Å². The third-order valence-electron chi connectivity index (χ3n) is 11.4. The number of halogens is 4. The monoisotopic (exact) mass is 1360 g/mol. The number of hydrogen-bond acceptors (Lipinski definition) is 28. The summed E-state index contributed by atoms with van der Waals surface area (Å²) in [6.07, 6.45) is 1.66. The number of anilines is 6. The minimum atomic E-state index is -5.15. The van der Waals surface area contributed by atoms with Crippen molar-refractivity contribution in [3.63, 3.8) is 0 Å². The van der Waals surface area contributed by atoms with Gasteiger partial charge >= 0.3 is 0 Å². The summed E-state index contributed by atoms with van der Waals surface area (Å²) in [6.45, 7) is -0.579. The second kappa shape index (κ2) is 22.8. The molecule has 0 saturated carbocycles. The fourth-order valence-corrected chi connectivity index (χ4v) is 13.0. The molecule has 12 N–H and O–H groups in total. The van der Waals surface area contributed by atoms with Gasteiger partial charge in [-0.25, -0.2) is 9.98 Å². The van der Waals surface area contributed by atoms with Gasteiger partial charge in [0.2, 0.25) is 34.4 Å². The van der Waals surface area contributed by atoms with E-state index in [-0.39, 0.29) is 93.8 Å². The fraction of sp³-hybridized carbons (Fsp3) is 0.150. The van der Waals surface area contributed by atoms with E-state index in [4.69, 9.17) is 55.9 Å². The van der Waals surface area contributed by atoms with Gasteiger partial charge in [-0.05, 0) is 83.9 Å². The molecular formula is C40H32Cl4N14O20S6. The summed E-state index contributed by atoms with van der Waals surface area (Å²) < 4.78 is 218. The summed E-state index contributed by atoms with van der Waals surface area (Å²) in [5, 5.41) is 14.4. The Hall–Kier alpha value is -7.00. The Balaban J connectivity index is 0.885. The maximum Gasteiger partial charge on any atom is 0.296 e. The number of rotatable bonds is 20. The van der Waals surface area contributed by atoms with Gasteiger partial charge in [-0.2, -0.15) is 80.4 Å². The molecule has 2 unspecified atom stereocenters.